The highest BCUT2D eigenvalue weighted by molar-refractivity contribution is 7.80. The molecule has 2 heterocycles. The summed E-state index contributed by atoms with van der Waals surface area (Å²) in [4.78, 5) is 4.81. The van der Waals surface area contributed by atoms with E-state index in [1.54, 1.807) is 0 Å². The number of hydrogen-bond donors (Lipinski definition) is 1. The van der Waals surface area contributed by atoms with E-state index >= 15 is 0 Å². The van der Waals surface area contributed by atoms with Crippen LogP contribution >= 0.6 is 12.2 Å². The number of nitrogens with zero attached hydrogens (tertiary/aromatic N) is 2. The number of piperidine rings is 1. The number of likely N-dealkylation sites (tertiary alicyclic amines) is 1. The van der Waals surface area contributed by atoms with Gasteiger partial charge in [-0.05, 0) is 87.9 Å². The van der Waals surface area contributed by atoms with Gasteiger partial charge in [0.25, 0.3) is 0 Å². The van der Waals surface area contributed by atoms with Gasteiger partial charge in [0, 0.05) is 29.9 Å². The number of fused-ring (bicyclic) bond motifs is 3. The molecule has 0 amide bonds. The van der Waals surface area contributed by atoms with Gasteiger partial charge in [0.15, 0.2) is 5.11 Å². The van der Waals surface area contributed by atoms with E-state index in [0.717, 1.165) is 30.3 Å². The van der Waals surface area contributed by atoms with Gasteiger partial charge < -0.3 is 15.1 Å². The molecule has 3 nitrogen and oxygen atoms in total. The van der Waals surface area contributed by atoms with Crippen molar-refractivity contribution in [3.05, 3.63) is 58.7 Å². The average Bonchev–Trinajstić information content (AvgIpc) is 2.91. The number of benzene rings is 2. The fourth-order valence-corrected chi connectivity index (χ4v) is 4.70. The summed E-state index contributed by atoms with van der Waals surface area (Å²) >= 11 is 5.88. The van der Waals surface area contributed by atoms with Crippen molar-refractivity contribution in [3.8, 4) is 0 Å². The molecule has 0 saturated carbocycles. The van der Waals surface area contributed by atoms with E-state index in [4.69, 9.17) is 12.2 Å². The Labute approximate surface area is 162 Å². The molecule has 2 atom stereocenters. The van der Waals surface area contributed by atoms with E-state index in [1.807, 2.05) is 0 Å². The number of anilines is 2. The molecule has 0 bridgehead atoms. The van der Waals surface area contributed by atoms with Gasteiger partial charge in [-0.2, -0.15) is 0 Å². The van der Waals surface area contributed by atoms with Gasteiger partial charge in [-0.3, -0.25) is 0 Å². The van der Waals surface area contributed by atoms with Gasteiger partial charge in [0.1, 0.15) is 0 Å². The predicted molar refractivity (Wildman–Crippen MR) is 114 cm³/mol. The van der Waals surface area contributed by atoms with E-state index in [9.17, 15) is 0 Å². The summed E-state index contributed by atoms with van der Waals surface area (Å²) in [6.45, 7) is 8.68. The lowest BCUT2D eigenvalue weighted by molar-refractivity contribution is 0.237. The van der Waals surface area contributed by atoms with E-state index in [2.05, 4.69) is 79.3 Å². The lowest BCUT2D eigenvalue weighted by Crippen LogP contribution is -2.48. The van der Waals surface area contributed by atoms with Crippen LogP contribution in [0.3, 0.4) is 0 Å². The zero-order valence-corrected chi connectivity index (χ0v) is 16.9. The maximum absolute atomic E-state index is 5.88. The Morgan fingerprint density at radius 3 is 2.65 bits per heavy atom. The third kappa shape index (κ3) is 3.01. The third-order valence-electron chi connectivity index (χ3n) is 5.93. The van der Waals surface area contributed by atoms with Crippen molar-refractivity contribution >= 4 is 28.7 Å². The monoisotopic (exact) mass is 365 g/mol. The van der Waals surface area contributed by atoms with Crippen LogP contribution in [0.25, 0.3) is 0 Å². The van der Waals surface area contributed by atoms with Gasteiger partial charge >= 0.3 is 0 Å². The van der Waals surface area contributed by atoms with Crippen LogP contribution in [0, 0.1) is 20.8 Å². The number of hydrogen-bond acceptors (Lipinski definition) is 2. The SMILES string of the molecule is Cc1ccc2c(c1)C1CN(C)CCC1N2C(=S)Nc1ccc(C)c(C)c1. The number of nitrogens with one attached hydrogen (secondary N) is 1. The van der Waals surface area contributed by atoms with Crippen LogP contribution in [-0.2, 0) is 0 Å². The second-order valence-electron chi connectivity index (χ2n) is 7.89. The summed E-state index contributed by atoms with van der Waals surface area (Å²) in [6, 6.07) is 13.7. The highest BCUT2D eigenvalue weighted by atomic mass is 32.1. The maximum Gasteiger partial charge on any atom is 0.178 e. The minimum absolute atomic E-state index is 0.453. The summed E-state index contributed by atoms with van der Waals surface area (Å²) in [5.41, 5.74) is 7.72. The maximum atomic E-state index is 5.88. The Kier molecular flexibility index (Phi) is 4.49. The van der Waals surface area contributed by atoms with Gasteiger partial charge in [-0.1, -0.05) is 23.8 Å². The summed E-state index contributed by atoms with van der Waals surface area (Å²) in [7, 11) is 2.22. The Morgan fingerprint density at radius 2 is 1.88 bits per heavy atom. The topological polar surface area (TPSA) is 18.5 Å². The molecule has 0 aliphatic carbocycles. The molecule has 2 aliphatic heterocycles. The van der Waals surface area contributed by atoms with Crippen LogP contribution in [0.4, 0.5) is 11.4 Å². The summed E-state index contributed by atoms with van der Waals surface area (Å²) < 4.78 is 0. The van der Waals surface area contributed by atoms with E-state index < -0.39 is 0 Å². The third-order valence-corrected chi connectivity index (χ3v) is 6.23. The average molecular weight is 366 g/mol. The fourth-order valence-electron chi connectivity index (χ4n) is 4.35. The molecule has 4 rings (SSSR count). The molecule has 2 aliphatic rings. The van der Waals surface area contributed by atoms with Crippen LogP contribution in [0.5, 0.6) is 0 Å². The minimum atomic E-state index is 0.453. The molecule has 1 N–H and O–H groups in total. The first-order chi connectivity index (χ1) is 12.4. The normalized spacial score (nSPS) is 22.1. The predicted octanol–water partition coefficient (Wildman–Crippen LogP) is 4.62. The molecular formula is C22H27N3S. The second-order valence-corrected chi connectivity index (χ2v) is 8.27. The van der Waals surface area contributed by atoms with Crippen molar-refractivity contribution in [3.63, 3.8) is 0 Å². The molecule has 1 fully saturated rings. The second kappa shape index (κ2) is 6.67. The number of likely N-dealkylation sites (N-methyl/N-ethyl adjacent to an activating group) is 1. The standard InChI is InChI=1S/C22H27N3S/c1-14-5-8-20-18(11-14)19-13-24(4)10-9-21(19)25(20)22(26)23-17-7-6-15(2)16(3)12-17/h5-8,11-12,19,21H,9-10,13H2,1-4H3,(H,23,26). The van der Waals surface area contributed by atoms with Gasteiger partial charge in [0.05, 0.1) is 0 Å². The Bertz CT molecular complexity index is 860. The summed E-state index contributed by atoms with van der Waals surface area (Å²) in [5, 5.41) is 4.31. The molecule has 1 saturated heterocycles. The fraction of sp³-hybridized carbons (Fsp3) is 0.409. The molecular weight excluding hydrogens is 338 g/mol. The Balaban J connectivity index is 1.66. The molecule has 0 aromatic heterocycles. The molecule has 2 unspecified atom stereocenters. The van der Waals surface area contributed by atoms with Crippen molar-refractivity contribution < 1.29 is 0 Å². The molecule has 136 valence electrons. The minimum Gasteiger partial charge on any atom is -0.332 e. The molecule has 4 heteroatoms. The molecule has 0 radical (unpaired) electrons. The first kappa shape index (κ1) is 17.5. The molecule has 26 heavy (non-hydrogen) atoms. The largest absolute Gasteiger partial charge is 0.332 e. The first-order valence-electron chi connectivity index (χ1n) is 9.40. The van der Waals surface area contributed by atoms with E-state index in [1.165, 1.54) is 27.9 Å². The van der Waals surface area contributed by atoms with Crippen LogP contribution < -0.4 is 10.2 Å². The van der Waals surface area contributed by atoms with Crippen LogP contribution in [0.1, 0.15) is 34.6 Å². The summed E-state index contributed by atoms with van der Waals surface area (Å²) in [6.07, 6.45) is 1.14. The van der Waals surface area contributed by atoms with Crippen LogP contribution in [-0.4, -0.2) is 36.2 Å². The van der Waals surface area contributed by atoms with Gasteiger partial charge in [0.2, 0.25) is 0 Å². The van der Waals surface area contributed by atoms with Crippen LogP contribution in [0.15, 0.2) is 36.4 Å². The van der Waals surface area contributed by atoms with Crippen molar-refractivity contribution in [1.29, 1.82) is 0 Å². The molecule has 2 aromatic carbocycles. The highest BCUT2D eigenvalue weighted by Gasteiger charge is 2.42. The quantitative estimate of drug-likeness (QED) is 0.743. The van der Waals surface area contributed by atoms with Gasteiger partial charge in [-0.25, -0.2) is 0 Å². The zero-order valence-electron chi connectivity index (χ0n) is 16.0. The number of rotatable bonds is 1. The van der Waals surface area contributed by atoms with E-state index in [0.29, 0.717) is 12.0 Å². The Hall–Kier alpha value is -1.91. The van der Waals surface area contributed by atoms with Crippen molar-refractivity contribution in [2.75, 3.05) is 30.4 Å². The first-order valence-corrected chi connectivity index (χ1v) is 9.81. The zero-order chi connectivity index (χ0) is 18.4. The van der Waals surface area contributed by atoms with Gasteiger partial charge in [-0.15, -0.1) is 0 Å². The summed E-state index contributed by atoms with van der Waals surface area (Å²) in [5.74, 6) is 0.531. The lowest BCUT2D eigenvalue weighted by Gasteiger charge is -2.37. The van der Waals surface area contributed by atoms with Crippen molar-refractivity contribution in [2.45, 2.75) is 39.2 Å². The lowest BCUT2D eigenvalue weighted by atomic mass is 9.89. The van der Waals surface area contributed by atoms with Crippen molar-refractivity contribution in [1.82, 2.24) is 4.90 Å². The number of aryl methyl sites for hydroxylation is 3. The van der Waals surface area contributed by atoms with Crippen LogP contribution in [0.2, 0.25) is 0 Å². The Morgan fingerprint density at radius 1 is 1.08 bits per heavy atom. The van der Waals surface area contributed by atoms with Crippen molar-refractivity contribution in [2.24, 2.45) is 0 Å². The van der Waals surface area contributed by atoms with E-state index in [-0.39, 0.29) is 0 Å². The smallest absolute Gasteiger partial charge is 0.178 e. The highest BCUT2D eigenvalue weighted by Crippen LogP contribution is 2.45. The molecule has 2 aromatic rings. The molecule has 0 spiro atoms. The number of thiocarbonyl (C=S) groups is 1.